The predicted octanol–water partition coefficient (Wildman–Crippen LogP) is 2.95. The Morgan fingerprint density at radius 3 is 2.81 bits per heavy atom. The molecule has 2 aromatic rings. The fourth-order valence-corrected chi connectivity index (χ4v) is 2.37. The zero-order chi connectivity index (χ0) is 11.1. The average Bonchev–Trinajstić information content (AvgIpc) is 2.54. The molecule has 0 amide bonds. The lowest BCUT2D eigenvalue weighted by atomic mass is 9.85. The molecular weight excluding hydrogens is 198 g/mol. The van der Waals surface area contributed by atoms with Crippen molar-refractivity contribution in [3.8, 4) is 0 Å². The molecule has 0 bridgehead atoms. The monoisotopic (exact) mass is 215 g/mol. The van der Waals surface area contributed by atoms with E-state index in [1.54, 1.807) is 0 Å². The Morgan fingerprint density at radius 1 is 1.38 bits per heavy atom. The van der Waals surface area contributed by atoms with E-state index in [0.29, 0.717) is 5.92 Å². The molecule has 0 saturated heterocycles. The summed E-state index contributed by atoms with van der Waals surface area (Å²) < 4.78 is 2.25. The zero-order valence-electron chi connectivity index (χ0n) is 9.83. The molecule has 0 aromatic carbocycles. The molecule has 3 nitrogen and oxygen atoms in total. The molecule has 0 atom stereocenters. The maximum atomic E-state index is 4.72. The standard InChI is InChI=1S/C13H17N3/c1-9-12-7-6-11(14-2)8-16(12)13(15-9)10-4-3-5-10/h6-8,10,14H,3-5H2,1-2H3. The minimum absolute atomic E-state index is 0.674. The van der Waals surface area contributed by atoms with Crippen LogP contribution in [0, 0.1) is 6.92 Å². The van der Waals surface area contributed by atoms with Gasteiger partial charge in [0.1, 0.15) is 5.82 Å². The lowest BCUT2D eigenvalue weighted by Crippen LogP contribution is -2.12. The summed E-state index contributed by atoms with van der Waals surface area (Å²) in [5, 5.41) is 3.18. The van der Waals surface area contributed by atoms with Gasteiger partial charge in [0.25, 0.3) is 0 Å². The molecule has 3 rings (SSSR count). The molecule has 1 fully saturated rings. The summed E-state index contributed by atoms with van der Waals surface area (Å²) in [6.45, 7) is 2.09. The van der Waals surface area contributed by atoms with Gasteiger partial charge in [0.2, 0.25) is 0 Å². The average molecular weight is 215 g/mol. The van der Waals surface area contributed by atoms with Crippen LogP contribution in [0.15, 0.2) is 18.3 Å². The largest absolute Gasteiger partial charge is 0.387 e. The van der Waals surface area contributed by atoms with Crippen molar-refractivity contribution >= 4 is 11.2 Å². The quantitative estimate of drug-likeness (QED) is 0.834. The van der Waals surface area contributed by atoms with E-state index in [1.807, 2.05) is 7.05 Å². The van der Waals surface area contributed by atoms with Gasteiger partial charge in [0.05, 0.1) is 16.9 Å². The topological polar surface area (TPSA) is 29.3 Å². The Labute approximate surface area is 95.5 Å². The fourth-order valence-electron chi connectivity index (χ4n) is 2.37. The van der Waals surface area contributed by atoms with Gasteiger partial charge in [-0.1, -0.05) is 6.42 Å². The maximum absolute atomic E-state index is 4.72. The van der Waals surface area contributed by atoms with Crippen LogP contribution in [-0.4, -0.2) is 16.4 Å². The van der Waals surface area contributed by atoms with Crippen LogP contribution in [0.2, 0.25) is 0 Å². The minimum Gasteiger partial charge on any atom is -0.387 e. The van der Waals surface area contributed by atoms with Crippen LogP contribution >= 0.6 is 0 Å². The summed E-state index contributed by atoms with van der Waals surface area (Å²) in [4.78, 5) is 4.72. The van der Waals surface area contributed by atoms with E-state index in [-0.39, 0.29) is 0 Å². The van der Waals surface area contributed by atoms with E-state index in [2.05, 4.69) is 35.0 Å². The third kappa shape index (κ3) is 1.31. The Hall–Kier alpha value is -1.51. The van der Waals surface area contributed by atoms with Gasteiger partial charge in [0, 0.05) is 19.2 Å². The molecule has 2 heterocycles. The van der Waals surface area contributed by atoms with Crippen LogP contribution in [0.4, 0.5) is 5.69 Å². The number of aromatic nitrogens is 2. The molecule has 2 aromatic heterocycles. The first kappa shape index (κ1) is 9.70. The minimum atomic E-state index is 0.674. The molecule has 1 aliphatic carbocycles. The number of pyridine rings is 1. The highest BCUT2D eigenvalue weighted by Gasteiger charge is 2.24. The number of nitrogens with zero attached hydrogens (tertiary/aromatic N) is 2. The molecular formula is C13H17N3. The summed E-state index contributed by atoms with van der Waals surface area (Å²) in [6.07, 6.45) is 6.10. The van der Waals surface area contributed by atoms with Crippen molar-refractivity contribution in [1.29, 1.82) is 0 Å². The smallest absolute Gasteiger partial charge is 0.116 e. The summed E-state index contributed by atoms with van der Waals surface area (Å²) in [6, 6.07) is 4.25. The Balaban J connectivity index is 2.19. The van der Waals surface area contributed by atoms with E-state index < -0.39 is 0 Å². The lowest BCUT2D eigenvalue weighted by Gasteiger charge is -2.24. The van der Waals surface area contributed by atoms with Gasteiger partial charge in [-0.05, 0) is 31.9 Å². The van der Waals surface area contributed by atoms with Gasteiger partial charge in [-0.3, -0.25) is 0 Å². The first-order valence-corrected chi connectivity index (χ1v) is 5.96. The highest BCUT2D eigenvalue weighted by Crippen LogP contribution is 2.36. The number of hydrogen-bond donors (Lipinski definition) is 1. The van der Waals surface area contributed by atoms with Gasteiger partial charge in [-0.25, -0.2) is 4.98 Å². The molecule has 0 radical (unpaired) electrons. The van der Waals surface area contributed by atoms with Crippen LogP contribution in [0.3, 0.4) is 0 Å². The van der Waals surface area contributed by atoms with Gasteiger partial charge in [0.15, 0.2) is 0 Å². The van der Waals surface area contributed by atoms with E-state index in [4.69, 9.17) is 4.98 Å². The van der Waals surface area contributed by atoms with Gasteiger partial charge in [-0.15, -0.1) is 0 Å². The molecule has 1 saturated carbocycles. The molecule has 3 heteroatoms. The highest BCUT2D eigenvalue weighted by molar-refractivity contribution is 5.58. The van der Waals surface area contributed by atoms with Crippen molar-refractivity contribution in [3.05, 3.63) is 29.8 Å². The van der Waals surface area contributed by atoms with E-state index in [0.717, 1.165) is 11.4 Å². The molecule has 0 unspecified atom stereocenters. The lowest BCUT2D eigenvalue weighted by molar-refractivity contribution is 0.400. The summed E-state index contributed by atoms with van der Waals surface area (Å²) >= 11 is 0. The molecule has 0 spiro atoms. The number of fused-ring (bicyclic) bond motifs is 1. The Morgan fingerprint density at radius 2 is 2.19 bits per heavy atom. The third-order valence-corrected chi connectivity index (χ3v) is 3.61. The van der Waals surface area contributed by atoms with Gasteiger partial charge < -0.3 is 9.72 Å². The third-order valence-electron chi connectivity index (χ3n) is 3.61. The van der Waals surface area contributed by atoms with Crippen molar-refractivity contribution < 1.29 is 0 Å². The number of rotatable bonds is 2. The van der Waals surface area contributed by atoms with E-state index in [9.17, 15) is 0 Å². The molecule has 16 heavy (non-hydrogen) atoms. The highest BCUT2D eigenvalue weighted by atomic mass is 15.0. The number of nitrogens with one attached hydrogen (secondary N) is 1. The van der Waals surface area contributed by atoms with Crippen molar-refractivity contribution in [1.82, 2.24) is 9.38 Å². The normalized spacial score (nSPS) is 16.4. The first-order valence-electron chi connectivity index (χ1n) is 5.96. The number of anilines is 1. The first-order chi connectivity index (χ1) is 7.79. The van der Waals surface area contributed by atoms with E-state index in [1.165, 1.54) is 30.6 Å². The van der Waals surface area contributed by atoms with Crippen molar-refractivity contribution in [2.24, 2.45) is 0 Å². The summed E-state index contributed by atoms with van der Waals surface area (Å²) in [7, 11) is 1.95. The second-order valence-electron chi connectivity index (χ2n) is 4.61. The summed E-state index contributed by atoms with van der Waals surface area (Å²) in [5.74, 6) is 1.92. The fraction of sp³-hybridized carbons (Fsp3) is 0.462. The Bertz CT molecular complexity index is 523. The molecule has 1 N–H and O–H groups in total. The van der Waals surface area contributed by atoms with Gasteiger partial charge >= 0.3 is 0 Å². The summed E-state index contributed by atoms with van der Waals surface area (Å²) in [5.41, 5.74) is 3.52. The predicted molar refractivity (Wildman–Crippen MR) is 66.1 cm³/mol. The number of hydrogen-bond acceptors (Lipinski definition) is 2. The zero-order valence-corrected chi connectivity index (χ0v) is 9.83. The van der Waals surface area contributed by atoms with Crippen molar-refractivity contribution in [3.63, 3.8) is 0 Å². The van der Waals surface area contributed by atoms with Crippen LogP contribution < -0.4 is 5.32 Å². The van der Waals surface area contributed by atoms with E-state index >= 15 is 0 Å². The van der Waals surface area contributed by atoms with Crippen LogP contribution in [-0.2, 0) is 0 Å². The second kappa shape index (κ2) is 3.51. The van der Waals surface area contributed by atoms with Crippen molar-refractivity contribution in [2.45, 2.75) is 32.1 Å². The van der Waals surface area contributed by atoms with Crippen molar-refractivity contribution in [2.75, 3.05) is 12.4 Å². The number of imidazole rings is 1. The number of aryl methyl sites for hydroxylation is 1. The molecule has 1 aliphatic rings. The van der Waals surface area contributed by atoms with Gasteiger partial charge in [-0.2, -0.15) is 0 Å². The van der Waals surface area contributed by atoms with Crippen LogP contribution in [0.25, 0.3) is 5.52 Å². The van der Waals surface area contributed by atoms with Crippen LogP contribution in [0.1, 0.15) is 36.7 Å². The van der Waals surface area contributed by atoms with Crippen LogP contribution in [0.5, 0.6) is 0 Å². The maximum Gasteiger partial charge on any atom is 0.116 e. The molecule has 84 valence electrons. The molecule has 0 aliphatic heterocycles. The second-order valence-corrected chi connectivity index (χ2v) is 4.61. The SMILES string of the molecule is CNc1ccc2c(C)nc(C3CCC3)n2c1. The Kier molecular flexibility index (Phi) is 2.13.